The van der Waals surface area contributed by atoms with Gasteiger partial charge in [-0.2, -0.15) is 5.26 Å². The predicted octanol–water partition coefficient (Wildman–Crippen LogP) is 4.87. The molecule has 23 heavy (non-hydrogen) atoms. The van der Waals surface area contributed by atoms with Crippen LogP contribution in [0.15, 0.2) is 86.5 Å². The van der Waals surface area contributed by atoms with Gasteiger partial charge in [-0.3, -0.25) is 0 Å². The number of carbonyl (C=O) groups is 1. The van der Waals surface area contributed by atoms with Crippen molar-refractivity contribution in [2.24, 2.45) is 0 Å². The minimum Gasteiger partial charge on any atom is -0.466 e. The van der Waals surface area contributed by atoms with Crippen LogP contribution in [0.2, 0.25) is 0 Å². The Morgan fingerprint density at radius 1 is 1.22 bits per heavy atom. The van der Waals surface area contributed by atoms with E-state index in [1.165, 1.54) is 13.2 Å². The first-order valence-corrected chi connectivity index (χ1v) is 6.78. The summed E-state index contributed by atoms with van der Waals surface area (Å²) < 4.78 is 4.54. The van der Waals surface area contributed by atoms with Gasteiger partial charge in [0.2, 0.25) is 0 Å². The van der Waals surface area contributed by atoms with Crippen molar-refractivity contribution < 1.29 is 9.53 Å². The maximum Gasteiger partial charge on any atom is 0.333 e. The summed E-state index contributed by atoms with van der Waals surface area (Å²) in [7, 11) is 1.36. The normalized spacial score (nSPS) is 8.17. The van der Waals surface area contributed by atoms with Gasteiger partial charge in [0.15, 0.2) is 0 Å². The van der Waals surface area contributed by atoms with E-state index in [9.17, 15) is 4.79 Å². The maximum absolute atomic E-state index is 11.0. The molecule has 1 rings (SSSR count). The van der Waals surface area contributed by atoms with Gasteiger partial charge in [0.25, 0.3) is 0 Å². The Morgan fingerprint density at radius 3 is 2.13 bits per heavy atom. The molecule has 120 valence electrons. The number of ether oxygens (including phenoxy) is 1. The third-order valence-electron chi connectivity index (χ3n) is 2.21. The molecule has 0 aromatic heterocycles. The highest BCUT2D eigenvalue weighted by Gasteiger charge is 2.02. The van der Waals surface area contributed by atoms with Gasteiger partial charge < -0.3 is 4.74 Å². The monoisotopic (exact) mass is 309 g/mol. The van der Waals surface area contributed by atoms with Crippen LogP contribution in [0.1, 0.15) is 12.0 Å². The van der Waals surface area contributed by atoms with E-state index in [1.807, 2.05) is 42.5 Å². The number of hydrogen-bond acceptors (Lipinski definition) is 3. The molecule has 0 atom stereocenters. The lowest BCUT2D eigenvalue weighted by Crippen LogP contribution is -2.02. The molecule has 3 nitrogen and oxygen atoms in total. The molecule has 0 fully saturated rings. The van der Waals surface area contributed by atoms with Crippen LogP contribution >= 0.6 is 0 Å². The Bertz CT molecular complexity index is 557. The van der Waals surface area contributed by atoms with Crippen LogP contribution in [-0.4, -0.2) is 13.1 Å². The molecule has 0 radical (unpaired) electrons. The average Bonchev–Trinajstić information content (AvgIpc) is 2.62. The number of benzene rings is 1. The predicted molar refractivity (Wildman–Crippen MR) is 97.5 cm³/mol. The molecule has 1 aromatic carbocycles. The lowest BCUT2D eigenvalue weighted by atomic mass is 10.1. The van der Waals surface area contributed by atoms with E-state index in [0.29, 0.717) is 12.0 Å². The second-order valence-corrected chi connectivity index (χ2v) is 3.92. The van der Waals surface area contributed by atoms with E-state index in [4.69, 9.17) is 5.26 Å². The van der Waals surface area contributed by atoms with Gasteiger partial charge in [0.05, 0.1) is 13.2 Å². The first-order chi connectivity index (χ1) is 11.1. The number of nitriles is 1. The van der Waals surface area contributed by atoms with E-state index in [-0.39, 0.29) is 5.97 Å². The van der Waals surface area contributed by atoms with Crippen molar-refractivity contribution in [3.05, 3.63) is 92.1 Å². The Kier molecular flexibility index (Phi) is 16.3. The molecular formula is C20H23NO2. The zero-order valence-corrected chi connectivity index (χ0v) is 13.6. The Balaban J connectivity index is 0. The summed E-state index contributed by atoms with van der Waals surface area (Å²) in [4.78, 5) is 11.0. The van der Waals surface area contributed by atoms with E-state index in [1.54, 1.807) is 18.2 Å². The SMILES string of the molecule is C=C(CC=Cc1ccccc1)C(=O)OC.C=CC#N.C=CC=C. The summed E-state index contributed by atoms with van der Waals surface area (Å²) in [5.74, 6) is -0.354. The van der Waals surface area contributed by atoms with Crippen molar-refractivity contribution in [1.29, 1.82) is 5.26 Å². The number of esters is 1. The van der Waals surface area contributed by atoms with E-state index in [2.05, 4.69) is 31.1 Å². The van der Waals surface area contributed by atoms with Crippen LogP contribution in [0.4, 0.5) is 0 Å². The van der Waals surface area contributed by atoms with Gasteiger partial charge in [0.1, 0.15) is 0 Å². The average molecular weight is 309 g/mol. The number of allylic oxidation sites excluding steroid dienone is 4. The molecule has 0 saturated carbocycles. The van der Waals surface area contributed by atoms with E-state index < -0.39 is 0 Å². The summed E-state index contributed by atoms with van der Waals surface area (Å²) in [6.07, 6.45) is 8.82. The zero-order valence-electron chi connectivity index (χ0n) is 13.6. The van der Waals surface area contributed by atoms with Crippen LogP contribution < -0.4 is 0 Å². The fourth-order valence-corrected chi connectivity index (χ4v) is 1.13. The van der Waals surface area contributed by atoms with E-state index >= 15 is 0 Å². The Hall–Kier alpha value is -3.12. The number of carbonyl (C=O) groups excluding carboxylic acids is 1. The smallest absolute Gasteiger partial charge is 0.333 e. The minimum atomic E-state index is -0.354. The molecule has 0 aliphatic rings. The van der Waals surface area contributed by atoms with Crippen molar-refractivity contribution in [3.63, 3.8) is 0 Å². The lowest BCUT2D eigenvalue weighted by molar-refractivity contribution is -0.136. The Labute approximate surface area is 139 Å². The van der Waals surface area contributed by atoms with Crippen molar-refractivity contribution in [3.8, 4) is 6.07 Å². The van der Waals surface area contributed by atoms with Crippen LogP contribution in [0.3, 0.4) is 0 Å². The van der Waals surface area contributed by atoms with Gasteiger partial charge in [-0.1, -0.05) is 81.0 Å². The van der Waals surface area contributed by atoms with Crippen molar-refractivity contribution in [2.45, 2.75) is 6.42 Å². The summed E-state index contributed by atoms with van der Waals surface area (Å²) in [6.45, 7) is 13.5. The minimum absolute atomic E-state index is 0.354. The Morgan fingerprint density at radius 2 is 1.74 bits per heavy atom. The maximum atomic E-state index is 11.0. The molecule has 0 saturated heterocycles. The highest BCUT2D eigenvalue weighted by molar-refractivity contribution is 5.88. The fourth-order valence-electron chi connectivity index (χ4n) is 1.13. The lowest BCUT2D eigenvalue weighted by Gasteiger charge is -1.98. The number of rotatable bonds is 5. The second-order valence-electron chi connectivity index (χ2n) is 3.92. The van der Waals surface area contributed by atoms with Crippen LogP contribution in [0.5, 0.6) is 0 Å². The molecule has 0 amide bonds. The largest absolute Gasteiger partial charge is 0.466 e. The quantitative estimate of drug-likeness (QED) is 0.337. The van der Waals surface area contributed by atoms with Gasteiger partial charge in [-0.05, 0) is 12.0 Å². The summed E-state index contributed by atoms with van der Waals surface area (Å²) in [5, 5.41) is 7.51. The van der Waals surface area contributed by atoms with Gasteiger partial charge >= 0.3 is 5.97 Å². The summed E-state index contributed by atoms with van der Waals surface area (Å²) >= 11 is 0. The molecule has 3 heteroatoms. The highest BCUT2D eigenvalue weighted by Crippen LogP contribution is 2.06. The van der Waals surface area contributed by atoms with Crippen LogP contribution in [0, 0.1) is 11.3 Å². The van der Waals surface area contributed by atoms with Gasteiger partial charge in [-0.25, -0.2) is 4.79 Å². The van der Waals surface area contributed by atoms with E-state index in [0.717, 1.165) is 5.56 Å². The number of nitrogens with zero attached hydrogens (tertiary/aromatic N) is 1. The van der Waals surface area contributed by atoms with Crippen molar-refractivity contribution >= 4 is 12.0 Å². The molecular weight excluding hydrogens is 286 g/mol. The molecule has 0 aliphatic carbocycles. The highest BCUT2D eigenvalue weighted by atomic mass is 16.5. The number of methoxy groups -OCH3 is 1. The van der Waals surface area contributed by atoms with Crippen molar-refractivity contribution in [1.82, 2.24) is 0 Å². The third kappa shape index (κ3) is 15.1. The second kappa shape index (κ2) is 16.9. The molecule has 0 spiro atoms. The van der Waals surface area contributed by atoms with Crippen molar-refractivity contribution in [2.75, 3.05) is 7.11 Å². The summed E-state index contributed by atoms with van der Waals surface area (Å²) in [6, 6.07) is 11.6. The number of hydrogen-bond donors (Lipinski definition) is 0. The van der Waals surface area contributed by atoms with Crippen LogP contribution in [0.25, 0.3) is 6.08 Å². The van der Waals surface area contributed by atoms with Gasteiger partial charge in [-0.15, -0.1) is 0 Å². The molecule has 0 heterocycles. The summed E-state index contributed by atoms with van der Waals surface area (Å²) in [5.41, 5.74) is 1.57. The zero-order chi connectivity index (χ0) is 17.9. The first-order valence-electron chi connectivity index (χ1n) is 6.78. The molecule has 1 aromatic rings. The molecule has 0 unspecified atom stereocenters. The standard InChI is InChI=1S/C13H14O2.C4H6.C3H3N/c1-11(13(14)15-2)7-6-10-12-8-4-3-5-9-12;1-3-4-2;1-2-3-4/h3-6,8-10H,1,7H2,2H3;3-4H,1-2H2;2H,1H2. The van der Waals surface area contributed by atoms with Gasteiger partial charge in [0, 0.05) is 11.6 Å². The molecule has 0 aliphatic heterocycles. The van der Waals surface area contributed by atoms with Crippen LogP contribution in [-0.2, 0) is 9.53 Å². The molecule has 0 bridgehead atoms. The fraction of sp³-hybridized carbons (Fsp3) is 0.100. The third-order valence-corrected chi connectivity index (χ3v) is 2.21. The first kappa shape index (κ1) is 22.2. The topological polar surface area (TPSA) is 50.1 Å². The molecule has 0 N–H and O–H groups in total.